The minimum absolute atomic E-state index is 0.252. The van der Waals surface area contributed by atoms with Gasteiger partial charge in [-0.1, -0.05) is 18.7 Å². The average molecular weight is 245 g/mol. The third kappa shape index (κ3) is 1.92. The third-order valence-electron chi connectivity index (χ3n) is 2.74. The van der Waals surface area contributed by atoms with E-state index < -0.39 is 0 Å². The van der Waals surface area contributed by atoms with Crippen molar-refractivity contribution in [1.29, 1.82) is 0 Å². The molecule has 0 radical (unpaired) electrons. The molecular formula is C12H15N5O. The summed E-state index contributed by atoms with van der Waals surface area (Å²) in [5.74, 6) is 0.822. The first-order chi connectivity index (χ1) is 8.56. The van der Waals surface area contributed by atoms with Crippen LogP contribution in [-0.4, -0.2) is 19.5 Å². The summed E-state index contributed by atoms with van der Waals surface area (Å²) in [6, 6.07) is 0. The van der Waals surface area contributed by atoms with Gasteiger partial charge in [0.1, 0.15) is 11.3 Å². The van der Waals surface area contributed by atoms with E-state index in [1.807, 2.05) is 13.0 Å². The number of H-pyrrole nitrogens is 1. The first-order valence-electron chi connectivity index (χ1n) is 5.57. The fourth-order valence-corrected chi connectivity index (χ4v) is 1.77. The van der Waals surface area contributed by atoms with Gasteiger partial charge < -0.3 is 10.7 Å². The third-order valence-corrected chi connectivity index (χ3v) is 2.74. The van der Waals surface area contributed by atoms with Crippen molar-refractivity contribution < 1.29 is 0 Å². The van der Waals surface area contributed by atoms with Crippen molar-refractivity contribution >= 4 is 17.0 Å². The maximum atomic E-state index is 11.9. The second-order valence-electron chi connectivity index (χ2n) is 3.94. The van der Waals surface area contributed by atoms with Crippen LogP contribution in [-0.2, 0) is 6.54 Å². The van der Waals surface area contributed by atoms with Crippen LogP contribution in [0.15, 0.2) is 29.1 Å². The minimum Gasteiger partial charge on any atom is -0.382 e. The van der Waals surface area contributed by atoms with Crippen LogP contribution in [0.2, 0.25) is 0 Å². The zero-order valence-corrected chi connectivity index (χ0v) is 10.4. The van der Waals surface area contributed by atoms with Crippen molar-refractivity contribution in [2.75, 3.05) is 5.73 Å². The van der Waals surface area contributed by atoms with Crippen LogP contribution in [0.4, 0.5) is 5.82 Å². The molecule has 0 fully saturated rings. The Bertz CT molecular complexity index is 692. The monoisotopic (exact) mass is 245 g/mol. The number of aryl methyl sites for hydroxylation is 1. The number of allylic oxidation sites excluding steroid dienone is 3. The van der Waals surface area contributed by atoms with E-state index in [4.69, 9.17) is 5.73 Å². The van der Waals surface area contributed by atoms with Crippen molar-refractivity contribution in [3.8, 4) is 0 Å². The first kappa shape index (κ1) is 12.1. The van der Waals surface area contributed by atoms with Gasteiger partial charge in [0, 0.05) is 0 Å². The zero-order chi connectivity index (χ0) is 13.3. The number of nitrogens with zero attached hydrogens (tertiary/aromatic N) is 3. The number of aromatic amines is 1. The number of nitrogens with two attached hydrogens (primary N) is 1. The van der Waals surface area contributed by atoms with Gasteiger partial charge in [-0.2, -0.15) is 0 Å². The van der Waals surface area contributed by atoms with Crippen LogP contribution in [0, 0.1) is 6.92 Å². The number of nitrogens with one attached hydrogen (secondary N) is 1. The fourth-order valence-electron chi connectivity index (χ4n) is 1.77. The van der Waals surface area contributed by atoms with Gasteiger partial charge in [0.05, 0.1) is 6.54 Å². The van der Waals surface area contributed by atoms with Crippen LogP contribution in [0.3, 0.4) is 0 Å². The van der Waals surface area contributed by atoms with Crippen LogP contribution >= 0.6 is 0 Å². The molecule has 94 valence electrons. The Morgan fingerprint density at radius 2 is 2.28 bits per heavy atom. The molecule has 0 aromatic carbocycles. The molecule has 0 saturated carbocycles. The molecule has 0 atom stereocenters. The normalized spacial score (nSPS) is 12.0. The number of aromatic nitrogens is 4. The Morgan fingerprint density at radius 3 is 2.89 bits per heavy atom. The quantitative estimate of drug-likeness (QED) is 0.793. The highest BCUT2D eigenvalue weighted by atomic mass is 16.1. The van der Waals surface area contributed by atoms with E-state index in [0.717, 1.165) is 5.57 Å². The Morgan fingerprint density at radius 1 is 1.56 bits per heavy atom. The van der Waals surface area contributed by atoms with E-state index >= 15 is 0 Å². The summed E-state index contributed by atoms with van der Waals surface area (Å²) in [5.41, 5.74) is 7.45. The molecule has 0 unspecified atom stereocenters. The summed E-state index contributed by atoms with van der Waals surface area (Å²) < 4.78 is 1.53. The standard InChI is InChI=1S/C12H15N5O/c1-4-8(5-2)6-17-11-9(16-12(17)18)10(13)14-7(3)15-11/h4-5H,1,6H2,2-3H3,(H,16,18)(H2,13,14,15)/b8-5+. The summed E-state index contributed by atoms with van der Waals surface area (Å²) in [7, 11) is 0. The summed E-state index contributed by atoms with van der Waals surface area (Å²) in [5, 5.41) is 0. The van der Waals surface area contributed by atoms with Gasteiger partial charge in [-0.15, -0.1) is 0 Å². The number of rotatable bonds is 3. The van der Waals surface area contributed by atoms with Crippen molar-refractivity contribution in [3.05, 3.63) is 40.6 Å². The van der Waals surface area contributed by atoms with Gasteiger partial charge in [-0.3, -0.25) is 4.57 Å². The van der Waals surface area contributed by atoms with E-state index in [0.29, 0.717) is 23.5 Å². The Kier molecular flexibility index (Phi) is 3.01. The Labute approximate surface area is 104 Å². The summed E-state index contributed by atoms with van der Waals surface area (Å²) in [6.45, 7) is 7.75. The van der Waals surface area contributed by atoms with Crippen molar-refractivity contribution in [1.82, 2.24) is 19.5 Å². The maximum absolute atomic E-state index is 11.9. The predicted molar refractivity (Wildman–Crippen MR) is 71.3 cm³/mol. The molecule has 0 saturated heterocycles. The van der Waals surface area contributed by atoms with Gasteiger partial charge in [-0.25, -0.2) is 14.8 Å². The zero-order valence-electron chi connectivity index (χ0n) is 10.4. The lowest BCUT2D eigenvalue weighted by Gasteiger charge is -2.04. The number of fused-ring (bicyclic) bond motifs is 1. The van der Waals surface area contributed by atoms with E-state index in [-0.39, 0.29) is 11.5 Å². The highest BCUT2D eigenvalue weighted by molar-refractivity contribution is 5.81. The predicted octanol–water partition coefficient (Wildman–Crippen LogP) is 1.14. The number of hydrogen-bond donors (Lipinski definition) is 2. The second kappa shape index (κ2) is 4.48. The summed E-state index contributed by atoms with van der Waals surface area (Å²) in [4.78, 5) is 22.8. The Hall–Kier alpha value is -2.37. The van der Waals surface area contributed by atoms with Crippen molar-refractivity contribution in [2.45, 2.75) is 20.4 Å². The molecule has 0 amide bonds. The van der Waals surface area contributed by atoms with Gasteiger partial charge in [0.15, 0.2) is 11.5 Å². The van der Waals surface area contributed by atoms with E-state index in [9.17, 15) is 4.79 Å². The molecule has 0 aliphatic carbocycles. The lowest BCUT2D eigenvalue weighted by atomic mass is 10.2. The lowest BCUT2D eigenvalue weighted by molar-refractivity contribution is 0.774. The minimum atomic E-state index is -0.252. The molecule has 2 aromatic heterocycles. The van der Waals surface area contributed by atoms with Crippen LogP contribution in [0.5, 0.6) is 0 Å². The smallest absolute Gasteiger partial charge is 0.328 e. The molecule has 2 aromatic rings. The molecule has 0 aliphatic heterocycles. The largest absolute Gasteiger partial charge is 0.382 e. The number of nitrogen functional groups attached to an aromatic ring is 1. The highest BCUT2D eigenvalue weighted by Gasteiger charge is 2.12. The fraction of sp³-hybridized carbons (Fsp3) is 0.250. The molecule has 6 nitrogen and oxygen atoms in total. The van der Waals surface area contributed by atoms with Gasteiger partial charge in [0.25, 0.3) is 0 Å². The second-order valence-corrected chi connectivity index (χ2v) is 3.94. The molecule has 6 heteroatoms. The van der Waals surface area contributed by atoms with Crippen LogP contribution in [0.1, 0.15) is 12.7 Å². The first-order valence-corrected chi connectivity index (χ1v) is 5.57. The molecular weight excluding hydrogens is 230 g/mol. The molecule has 0 aliphatic rings. The van der Waals surface area contributed by atoms with Crippen molar-refractivity contribution in [2.24, 2.45) is 0 Å². The number of imidazole rings is 1. The number of hydrogen-bond acceptors (Lipinski definition) is 4. The highest BCUT2D eigenvalue weighted by Crippen LogP contribution is 2.14. The van der Waals surface area contributed by atoms with Gasteiger partial charge in [0.2, 0.25) is 0 Å². The van der Waals surface area contributed by atoms with E-state index in [2.05, 4.69) is 21.5 Å². The molecule has 18 heavy (non-hydrogen) atoms. The van der Waals surface area contributed by atoms with Crippen molar-refractivity contribution in [3.63, 3.8) is 0 Å². The molecule has 0 bridgehead atoms. The summed E-state index contributed by atoms with van der Waals surface area (Å²) >= 11 is 0. The van der Waals surface area contributed by atoms with Crippen LogP contribution < -0.4 is 11.4 Å². The summed E-state index contributed by atoms with van der Waals surface area (Å²) in [6.07, 6.45) is 3.61. The SMILES string of the molecule is C=C/C(=C\C)Cn1c(=O)[nH]c2c(N)nc(C)nc21. The number of anilines is 1. The molecule has 2 rings (SSSR count). The van der Waals surface area contributed by atoms with Gasteiger partial charge in [-0.05, 0) is 19.4 Å². The van der Waals surface area contributed by atoms with E-state index in [1.54, 1.807) is 13.0 Å². The topological polar surface area (TPSA) is 89.6 Å². The average Bonchev–Trinajstić information content (AvgIpc) is 2.63. The maximum Gasteiger partial charge on any atom is 0.328 e. The molecule has 0 spiro atoms. The Balaban J connectivity index is 2.67. The van der Waals surface area contributed by atoms with Crippen LogP contribution in [0.25, 0.3) is 11.2 Å². The lowest BCUT2D eigenvalue weighted by Crippen LogP contribution is -2.17. The van der Waals surface area contributed by atoms with E-state index in [1.165, 1.54) is 4.57 Å². The molecule has 2 heterocycles. The molecule has 3 N–H and O–H groups in total. The van der Waals surface area contributed by atoms with Gasteiger partial charge >= 0.3 is 5.69 Å².